The summed E-state index contributed by atoms with van der Waals surface area (Å²) < 4.78 is 16.4. The van der Waals surface area contributed by atoms with E-state index in [0.717, 1.165) is 0 Å². The van der Waals surface area contributed by atoms with Crippen molar-refractivity contribution in [1.29, 1.82) is 0 Å². The zero-order valence-corrected chi connectivity index (χ0v) is 14.2. The minimum atomic E-state index is -0.777. The van der Waals surface area contributed by atoms with Gasteiger partial charge in [0.2, 0.25) is 5.95 Å². The lowest BCUT2D eigenvalue weighted by atomic mass is 10.1. The number of carbonyl (C=O) groups excluding carboxylic acids is 2. The lowest BCUT2D eigenvalue weighted by molar-refractivity contribution is -0.145. The Balaban J connectivity index is 1.99. The zero-order chi connectivity index (χ0) is 18.2. The summed E-state index contributed by atoms with van der Waals surface area (Å²) in [6.07, 6.45) is 3.26. The van der Waals surface area contributed by atoms with Crippen molar-refractivity contribution in [2.24, 2.45) is 5.92 Å². The molecule has 2 rings (SSSR count). The molecule has 0 aliphatic heterocycles. The molecule has 25 heavy (non-hydrogen) atoms. The van der Waals surface area contributed by atoms with E-state index in [1.807, 2.05) is 4.57 Å². The molecule has 136 valence electrons. The number of aromatic nitrogens is 4. The normalized spacial score (nSPS) is 11.9. The molecule has 0 radical (unpaired) electrons. The number of hydrogen-bond acceptors (Lipinski definition) is 9. The maximum atomic E-state index is 11.4. The first-order valence-electron chi connectivity index (χ1n) is 7.83. The number of nitrogens with zero attached hydrogens (tertiary/aromatic N) is 4. The topological polar surface area (TPSA) is 131 Å². The molecule has 0 spiro atoms. The van der Waals surface area contributed by atoms with Gasteiger partial charge in [0.25, 0.3) is 0 Å². The molecule has 2 heterocycles. The molecule has 10 nitrogen and oxygen atoms in total. The smallest absolute Gasteiger partial charge is 0.465 e. The van der Waals surface area contributed by atoms with Crippen LogP contribution in [-0.4, -0.2) is 52.0 Å². The van der Waals surface area contributed by atoms with Crippen LogP contribution in [0.25, 0.3) is 11.2 Å². The van der Waals surface area contributed by atoms with Gasteiger partial charge in [0.1, 0.15) is 12.1 Å². The van der Waals surface area contributed by atoms with Gasteiger partial charge in [-0.1, -0.05) is 6.92 Å². The fourth-order valence-corrected chi connectivity index (χ4v) is 2.13. The van der Waals surface area contributed by atoms with Gasteiger partial charge in [-0.15, -0.1) is 0 Å². The third-order valence-electron chi connectivity index (χ3n) is 3.53. The Hall–Kier alpha value is -2.91. The van der Waals surface area contributed by atoms with Crippen LogP contribution in [-0.2, 0) is 25.5 Å². The number of rotatable bonds is 8. The van der Waals surface area contributed by atoms with E-state index in [1.54, 1.807) is 19.4 Å². The molecule has 0 saturated heterocycles. The van der Waals surface area contributed by atoms with Crippen molar-refractivity contribution >= 4 is 29.2 Å². The Morgan fingerprint density at radius 1 is 1.28 bits per heavy atom. The standard InChI is InChI=1S/C15H21N5O5/c1-3-12(21)24-7-10(8-25-15(22)23-2)4-5-20-9-18-11-6-17-14(16)19-13(11)20/h6,9-10H,3-5,7-8H2,1-2H3,(H2,16,17,19). The molecule has 0 amide bonds. The van der Waals surface area contributed by atoms with Crippen molar-refractivity contribution in [2.45, 2.75) is 26.3 Å². The van der Waals surface area contributed by atoms with Crippen LogP contribution in [0.3, 0.4) is 0 Å². The van der Waals surface area contributed by atoms with Gasteiger partial charge in [-0.25, -0.2) is 14.8 Å². The first-order valence-corrected chi connectivity index (χ1v) is 7.83. The zero-order valence-electron chi connectivity index (χ0n) is 14.2. The second-order valence-corrected chi connectivity index (χ2v) is 5.33. The number of hydrogen-bond donors (Lipinski definition) is 1. The number of imidazole rings is 1. The number of methoxy groups -OCH3 is 1. The second kappa shape index (κ2) is 8.81. The SMILES string of the molecule is CCC(=O)OCC(CCn1cnc2cnc(N)nc21)COC(=O)OC. The van der Waals surface area contributed by atoms with Crippen molar-refractivity contribution in [3.05, 3.63) is 12.5 Å². The molecule has 0 fully saturated rings. The van der Waals surface area contributed by atoms with Crippen LogP contribution in [0.5, 0.6) is 0 Å². The fraction of sp³-hybridized carbons (Fsp3) is 0.533. The van der Waals surface area contributed by atoms with E-state index in [2.05, 4.69) is 19.7 Å². The highest BCUT2D eigenvalue weighted by Gasteiger charge is 2.16. The van der Waals surface area contributed by atoms with Gasteiger partial charge >= 0.3 is 12.1 Å². The van der Waals surface area contributed by atoms with Crippen molar-refractivity contribution in [1.82, 2.24) is 19.5 Å². The second-order valence-electron chi connectivity index (χ2n) is 5.33. The average Bonchev–Trinajstić information content (AvgIpc) is 3.02. The molecular formula is C15H21N5O5. The molecule has 2 N–H and O–H groups in total. The Labute approximate surface area is 144 Å². The van der Waals surface area contributed by atoms with Gasteiger partial charge < -0.3 is 24.5 Å². The summed E-state index contributed by atoms with van der Waals surface area (Å²) in [4.78, 5) is 34.8. The van der Waals surface area contributed by atoms with Crippen molar-refractivity contribution in [3.63, 3.8) is 0 Å². The molecule has 1 unspecified atom stereocenters. The molecule has 10 heteroatoms. The van der Waals surface area contributed by atoms with Crippen LogP contribution in [0, 0.1) is 5.92 Å². The van der Waals surface area contributed by atoms with Crippen LogP contribution < -0.4 is 5.73 Å². The first kappa shape index (κ1) is 18.4. The summed E-state index contributed by atoms with van der Waals surface area (Å²) >= 11 is 0. The predicted molar refractivity (Wildman–Crippen MR) is 87.4 cm³/mol. The molecule has 0 bridgehead atoms. The van der Waals surface area contributed by atoms with Crippen LogP contribution >= 0.6 is 0 Å². The van der Waals surface area contributed by atoms with E-state index in [-0.39, 0.29) is 37.5 Å². The summed E-state index contributed by atoms with van der Waals surface area (Å²) in [5.41, 5.74) is 6.86. The summed E-state index contributed by atoms with van der Waals surface area (Å²) in [5, 5.41) is 0. The number of aryl methyl sites for hydroxylation is 1. The number of esters is 1. The Bertz CT molecular complexity index is 712. The van der Waals surface area contributed by atoms with Crippen molar-refractivity contribution in [3.8, 4) is 0 Å². The lowest BCUT2D eigenvalue weighted by Crippen LogP contribution is -2.22. The first-order chi connectivity index (χ1) is 12.0. The Kier molecular flexibility index (Phi) is 6.49. The van der Waals surface area contributed by atoms with Gasteiger partial charge in [0, 0.05) is 18.9 Å². The highest BCUT2D eigenvalue weighted by Crippen LogP contribution is 2.14. The van der Waals surface area contributed by atoms with E-state index in [0.29, 0.717) is 24.1 Å². The molecule has 0 aliphatic carbocycles. The van der Waals surface area contributed by atoms with Crippen molar-refractivity contribution < 1.29 is 23.8 Å². The minimum absolute atomic E-state index is 0.0768. The lowest BCUT2D eigenvalue weighted by Gasteiger charge is -2.17. The third kappa shape index (κ3) is 5.30. The molecule has 2 aromatic rings. The Morgan fingerprint density at radius 2 is 2.04 bits per heavy atom. The van der Waals surface area contributed by atoms with Crippen LogP contribution in [0.4, 0.5) is 10.7 Å². The van der Waals surface area contributed by atoms with Gasteiger partial charge in [0.05, 0.1) is 26.2 Å². The summed E-state index contributed by atoms with van der Waals surface area (Å²) in [5.74, 6) is -0.334. The van der Waals surface area contributed by atoms with E-state index < -0.39 is 6.16 Å². The third-order valence-corrected chi connectivity index (χ3v) is 3.53. The molecule has 2 aromatic heterocycles. The van der Waals surface area contributed by atoms with Gasteiger partial charge in [-0.05, 0) is 6.42 Å². The van der Waals surface area contributed by atoms with Crippen molar-refractivity contribution in [2.75, 3.05) is 26.1 Å². The largest absolute Gasteiger partial charge is 0.507 e. The molecule has 1 atom stereocenters. The van der Waals surface area contributed by atoms with Crippen LogP contribution in [0.2, 0.25) is 0 Å². The van der Waals surface area contributed by atoms with E-state index >= 15 is 0 Å². The highest BCUT2D eigenvalue weighted by atomic mass is 16.7. The van der Waals surface area contributed by atoms with E-state index in [4.69, 9.17) is 15.2 Å². The van der Waals surface area contributed by atoms with Crippen LogP contribution in [0.1, 0.15) is 19.8 Å². The highest BCUT2D eigenvalue weighted by molar-refractivity contribution is 5.70. The van der Waals surface area contributed by atoms with E-state index in [1.165, 1.54) is 7.11 Å². The number of ether oxygens (including phenoxy) is 3. The molecule has 0 aromatic carbocycles. The summed E-state index contributed by atoms with van der Waals surface area (Å²) in [6, 6.07) is 0. The maximum Gasteiger partial charge on any atom is 0.507 e. The monoisotopic (exact) mass is 351 g/mol. The molecule has 0 saturated carbocycles. The number of anilines is 1. The number of nitrogen functional groups attached to an aromatic ring is 1. The summed E-state index contributed by atoms with van der Waals surface area (Å²) in [7, 11) is 1.23. The van der Waals surface area contributed by atoms with Gasteiger partial charge in [0.15, 0.2) is 5.65 Å². The van der Waals surface area contributed by atoms with E-state index in [9.17, 15) is 9.59 Å². The fourth-order valence-electron chi connectivity index (χ4n) is 2.13. The number of fused-ring (bicyclic) bond motifs is 1. The predicted octanol–water partition coefficient (Wildman–Crippen LogP) is 1.15. The number of carbonyl (C=O) groups is 2. The van der Waals surface area contributed by atoms with Gasteiger partial charge in [-0.3, -0.25) is 4.79 Å². The molecule has 0 aliphatic rings. The molecular weight excluding hydrogens is 330 g/mol. The number of nitrogens with two attached hydrogens (primary N) is 1. The average molecular weight is 351 g/mol. The quantitative estimate of drug-likeness (QED) is 0.695. The minimum Gasteiger partial charge on any atom is -0.465 e. The van der Waals surface area contributed by atoms with Crippen LogP contribution in [0.15, 0.2) is 12.5 Å². The maximum absolute atomic E-state index is 11.4. The Morgan fingerprint density at radius 3 is 2.76 bits per heavy atom. The van der Waals surface area contributed by atoms with Gasteiger partial charge in [-0.2, -0.15) is 4.98 Å². The summed E-state index contributed by atoms with van der Waals surface area (Å²) in [6.45, 7) is 2.47.